The number of aromatic nitrogens is 2. The van der Waals surface area contributed by atoms with E-state index in [0.29, 0.717) is 11.5 Å². The van der Waals surface area contributed by atoms with E-state index < -0.39 is 5.91 Å². The smallest absolute Gasteiger partial charge is 0.274 e. The molecule has 3 aromatic rings. The van der Waals surface area contributed by atoms with Gasteiger partial charge in [0.2, 0.25) is 11.8 Å². The number of benzene rings is 2. The van der Waals surface area contributed by atoms with E-state index in [1.807, 2.05) is 48.5 Å². The second-order valence-electron chi connectivity index (χ2n) is 14.8. The van der Waals surface area contributed by atoms with Crippen LogP contribution in [0.2, 0.25) is 5.15 Å². The number of quaternary nitrogens is 1. The summed E-state index contributed by atoms with van der Waals surface area (Å²) in [6, 6.07) is 15.2. The highest BCUT2D eigenvalue weighted by atomic mass is 35.5. The molecule has 1 aromatic heterocycles. The number of nitrogens with two attached hydrogens (primary N) is 2. The first-order chi connectivity index (χ1) is 27.6. The monoisotopic (exact) mass is 858 g/mol. The number of likely N-dealkylation sites (tertiary alicyclic amines) is 1. The fraction of sp³-hybridized carbons (Fsp3) is 0.475. The predicted molar refractivity (Wildman–Crippen MR) is 220 cm³/mol. The van der Waals surface area contributed by atoms with Gasteiger partial charge in [0.25, 0.3) is 17.7 Å². The lowest BCUT2D eigenvalue weighted by Gasteiger charge is -2.45. The van der Waals surface area contributed by atoms with Crippen molar-refractivity contribution in [2.75, 3.05) is 92.1 Å². The van der Waals surface area contributed by atoms with Crippen LogP contribution in [-0.2, 0) is 32.0 Å². The molecule has 17 nitrogen and oxygen atoms in total. The van der Waals surface area contributed by atoms with Crippen LogP contribution in [0.15, 0.2) is 48.5 Å². The van der Waals surface area contributed by atoms with E-state index in [1.165, 1.54) is 9.80 Å². The molecule has 1 aliphatic rings. The Bertz CT molecular complexity index is 1790. The Morgan fingerprint density at radius 1 is 0.763 bits per heavy atom. The number of ether oxygens (including phenoxy) is 2. The van der Waals surface area contributed by atoms with Crippen molar-refractivity contribution in [3.8, 4) is 11.5 Å². The zero-order chi connectivity index (χ0) is 42.2. The van der Waals surface area contributed by atoms with Gasteiger partial charge in [0.1, 0.15) is 11.5 Å². The van der Waals surface area contributed by atoms with Gasteiger partial charge in [-0.2, -0.15) is 0 Å². The zero-order valence-corrected chi connectivity index (χ0v) is 35.6. The first-order valence-corrected chi connectivity index (χ1v) is 19.6. The van der Waals surface area contributed by atoms with Crippen LogP contribution in [0.4, 0.5) is 11.6 Å². The highest BCUT2D eigenvalue weighted by Gasteiger charge is 2.35. The molecule has 1 saturated heterocycles. The van der Waals surface area contributed by atoms with Gasteiger partial charge in [0.15, 0.2) is 35.7 Å². The molecule has 7 N–H and O–H groups in total. The number of nitrogens with one attached hydrogen (secondary N) is 3. The minimum absolute atomic E-state index is 0. The van der Waals surface area contributed by atoms with E-state index in [4.69, 9.17) is 32.5 Å². The second-order valence-corrected chi connectivity index (χ2v) is 15.2. The van der Waals surface area contributed by atoms with Crippen molar-refractivity contribution < 1.29 is 50.3 Å². The lowest BCUT2D eigenvalue weighted by atomic mass is 9.99. The van der Waals surface area contributed by atoms with Crippen LogP contribution in [0.3, 0.4) is 0 Å². The summed E-state index contributed by atoms with van der Waals surface area (Å²) in [5.41, 5.74) is 13.9. The maximum Gasteiger partial charge on any atom is 0.274 e. The SMILES string of the molecule is CN(C)C(=O)CNC(=O)COc1ccc(CCC[N+]2(CCCc3ccc(OCC(=O)NCC(=O)N(C)C)cc3)CCC[C@H](NC(=O)c3nc(Cl)c(N)nc3N)C2)cc1.[Cl-]. The van der Waals surface area contributed by atoms with E-state index in [-0.39, 0.29) is 90.9 Å². The minimum Gasteiger partial charge on any atom is -1.00 e. The van der Waals surface area contributed by atoms with Crippen molar-refractivity contribution in [3.63, 3.8) is 0 Å². The number of carbonyl (C=O) groups excluding carboxylic acids is 5. The average molecular weight is 860 g/mol. The van der Waals surface area contributed by atoms with Crippen molar-refractivity contribution in [2.24, 2.45) is 0 Å². The van der Waals surface area contributed by atoms with Crippen LogP contribution in [0, 0.1) is 0 Å². The average Bonchev–Trinajstić information content (AvgIpc) is 3.19. The van der Waals surface area contributed by atoms with E-state index in [2.05, 4.69) is 25.9 Å². The fourth-order valence-electron chi connectivity index (χ4n) is 6.63. The van der Waals surface area contributed by atoms with Gasteiger partial charge in [-0.1, -0.05) is 35.9 Å². The lowest BCUT2D eigenvalue weighted by molar-refractivity contribution is -0.933. The van der Waals surface area contributed by atoms with Crippen LogP contribution in [0.1, 0.15) is 47.3 Å². The number of amides is 5. The molecule has 4 rings (SSSR count). The molecular formula is C40H56Cl2N10O7. The summed E-state index contributed by atoms with van der Waals surface area (Å²) >= 11 is 6.06. The van der Waals surface area contributed by atoms with Crippen molar-refractivity contribution in [3.05, 3.63) is 70.5 Å². The molecule has 1 aliphatic heterocycles. The Morgan fingerprint density at radius 3 is 1.69 bits per heavy atom. The van der Waals surface area contributed by atoms with Crippen LogP contribution >= 0.6 is 11.6 Å². The van der Waals surface area contributed by atoms with Crippen LogP contribution in [0.25, 0.3) is 0 Å². The summed E-state index contributed by atoms with van der Waals surface area (Å²) < 4.78 is 12.1. The van der Waals surface area contributed by atoms with Crippen LogP contribution in [-0.4, -0.2) is 141 Å². The molecule has 1 fully saturated rings. The van der Waals surface area contributed by atoms with Crippen molar-refractivity contribution in [1.82, 2.24) is 35.7 Å². The number of anilines is 2. The number of nitrogens with zero attached hydrogens (tertiary/aromatic N) is 5. The van der Waals surface area contributed by atoms with Gasteiger partial charge in [0, 0.05) is 41.0 Å². The Hall–Kier alpha value is -5.39. The van der Waals surface area contributed by atoms with E-state index in [1.54, 1.807) is 28.2 Å². The zero-order valence-electron chi connectivity index (χ0n) is 34.1. The van der Waals surface area contributed by atoms with Crippen molar-refractivity contribution in [2.45, 2.75) is 44.6 Å². The Kier molecular flexibility index (Phi) is 18.9. The molecule has 19 heteroatoms. The number of hydrogen-bond donors (Lipinski definition) is 5. The quantitative estimate of drug-likeness (QED) is 0.0818. The third-order valence-corrected chi connectivity index (χ3v) is 10.2. The normalized spacial score (nSPS) is 14.2. The molecule has 59 heavy (non-hydrogen) atoms. The molecule has 0 radical (unpaired) electrons. The fourth-order valence-corrected chi connectivity index (χ4v) is 6.75. The molecule has 1 atom stereocenters. The van der Waals surface area contributed by atoms with Gasteiger partial charge in [-0.3, -0.25) is 24.0 Å². The highest BCUT2D eigenvalue weighted by molar-refractivity contribution is 6.31. The Morgan fingerprint density at radius 2 is 1.24 bits per heavy atom. The number of piperidine rings is 1. The van der Waals surface area contributed by atoms with E-state index in [0.717, 1.165) is 80.3 Å². The molecule has 0 unspecified atom stereocenters. The van der Waals surface area contributed by atoms with Gasteiger partial charge in [-0.15, -0.1) is 0 Å². The number of likely N-dealkylation sites (N-methyl/N-ethyl adjacent to an activating group) is 2. The lowest BCUT2D eigenvalue weighted by Crippen LogP contribution is -3.00. The van der Waals surface area contributed by atoms with Gasteiger partial charge >= 0.3 is 0 Å². The first kappa shape index (κ1) is 48.0. The number of carbonyl (C=O) groups is 5. The third kappa shape index (κ3) is 15.7. The summed E-state index contributed by atoms with van der Waals surface area (Å²) in [6.45, 7) is 2.91. The third-order valence-electron chi connectivity index (χ3n) is 9.90. The van der Waals surface area contributed by atoms with Crippen LogP contribution < -0.4 is 49.3 Å². The minimum atomic E-state index is -0.444. The topological polar surface area (TPSA) is 224 Å². The highest BCUT2D eigenvalue weighted by Crippen LogP contribution is 2.25. The Labute approximate surface area is 356 Å². The van der Waals surface area contributed by atoms with E-state index >= 15 is 0 Å². The molecule has 0 saturated carbocycles. The first-order valence-electron chi connectivity index (χ1n) is 19.2. The summed E-state index contributed by atoms with van der Waals surface area (Å²) in [4.78, 5) is 71.8. The number of halogens is 2. The van der Waals surface area contributed by atoms with Gasteiger partial charge in [-0.25, -0.2) is 9.97 Å². The molecule has 0 spiro atoms. The molecule has 0 aliphatic carbocycles. The number of nitrogen functional groups attached to an aromatic ring is 2. The largest absolute Gasteiger partial charge is 1.00 e. The number of aryl methyl sites for hydroxylation is 2. The van der Waals surface area contributed by atoms with Gasteiger partial charge in [0.05, 0.1) is 45.3 Å². The standard InChI is InChI=1S/C40H55ClN10O7.ClH/c1-49(2)34(54)22-44-32(52)25-57-30-15-11-27(12-16-30)8-5-19-51(21-7-10-29(24-51)46-40(56)36-38(42)48-39(43)37(41)47-36)20-6-9-28-13-17-31(18-14-28)58-26-33(53)45-23-35(55)50(3)4;/h11-18,29H,5-10,19-26H2,1-4H3,(H6-,42,43,44,45,46,48,52,53,56);1H/t29-;/m0./s1. The van der Waals surface area contributed by atoms with Crippen molar-refractivity contribution >= 4 is 52.8 Å². The molecule has 322 valence electrons. The summed E-state index contributed by atoms with van der Waals surface area (Å²) in [6.07, 6.45) is 5.17. The second kappa shape index (κ2) is 23.3. The molecule has 0 bridgehead atoms. The Balaban J connectivity index is 0.00000930. The number of rotatable bonds is 20. The van der Waals surface area contributed by atoms with Crippen LogP contribution in [0.5, 0.6) is 11.5 Å². The van der Waals surface area contributed by atoms with Gasteiger partial charge in [-0.05, 0) is 61.1 Å². The maximum atomic E-state index is 13.3. The molecule has 2 heterocycles. The molecular weight excluding hydrogens is 803 g/mol. The summed E-state index contributed by atoms with van der Waals surface area (Å²) in [5, 5.41) is 8.15. The summed E-state index contributed by atoms with van der Waals surface area (Å²) in [7, 11) is 6.49. The van der Waals surface area contributed by atoms with Crippen molar-refractivity contribution in [1.29, 1.82) is 0 Å². The summed E-state index contributed by atoms with van der Waals surface area (Å²) in [5.74, 6) is -0.612. The predicted octanol–water partition coefficient (Wildman–Crippen LogP) is -1.56. The molecule has 2 aromatic carbocycles. The molecule has 5 amide bonds. The number of hydrogen-bond acceptors (Lipinski definition) is 11. The van der Waals surface area contributed by atoms with Gasteiger partial charge < -0.3 is 63.6 Å². The maximum absolute atomic E-state index is 13.3. The van der Waals surface area contributed by atoms with E-state index in [9.17, 15) is 24.0 Å².